The van der Waals surface area contributed by atoms with E-state index in [1.807, 2.05) is 73.7 Å². The first-order valence-electron chi connectivity index (χ1n) is 14.5. The number of esters is 2. The highest BCUT2D eigenvalue weighted by Gasteiger charge is 2.35. The summed E-state index contributed by atoms with van der Waals surface area (Å²) in [6.07, 6.45) is 1.74. The average Bonchev–Trinajstić information content (AvgIpc) is 3.35. The van der Waals surface area contributed by atoms with Gasteiger partial charge in [-0.05, 0) is 102 Å². The maximum atomic E-state index is 14.3. The van der Waals surface area contributed by atoms with Gasteiger partial charge >= 0.3 is 11.9 Å². The fraction of sp³-hybridized carbons (Fsp3) is 0.235. The molecule has 5 rings (SSSR count). The molecular formula is C34H30I2N2O7S. The number of thiazole rings is 1. The number of carbonyl (C=O) groups is 2. The van der Waals surface area contributed by atoms with Crippen LogP contribution >= 0.6 is 56.5 Å². The number of carbonyl (C=O) groups excluding carboxylic acids is 2. The summed E-state index contributed by atoms with van der Waals surface area (Å²) in [6.45, 7) is 6.01. The molecule has 0 unspecified atom stereocenters. The SMILES string of the molecule is CCOC(=O)COc1c(I)cc(I)cc1/C=c1\sc2n(c1=O)[C@H](c1ccc(OCC)cc1)C(C(=O)OCC)=C(c1ccccc1)N=2. The van der Waals surface area contributed by atoms with Gasteiger partial charge in [0.25, 0.3) is 5.56 Å². The van der Waals surface area contributed by atoms with E-state index in [0.29, 0.717) is 44.3 Å². The van der Waals surface area contributed by atoms with Crippen LogP contribution in [0.2, 0.25) is 0 Å². The van der Waals surface area contributed by atoms with Crippen LogP contribution in [0.3, 0.4) is 0 Å². The molecule has 238 valence electrons. The van der Waals surface area contributed by atoms with E-state index in [1.54, 1.807) is 24.5 Å². The van der Waals surface area contributed by atoms with Gasteiger partial charge in [0, 0.05) is 14.7 Å². The Balaban J connectivity index is 1.75. The number of hydrogen-bond acceptors (Lipinski definition) is 9. The number of nitrogens with zero attached hydrogens (tertiary/aromatic N) is 2. The van der Waals surface area contributed by atoms with Crippen LogP contribution in [0.25, 0.3) is 11.8 Å². The van der Waals surface area contributed by atoms with Crippen molar-refractivity contribution in [2.75, 3.05) is 26.4 Å². The number of rotatable bonds is 11. The van der Waals surface area contributed by atoms with E-state index in [0.717, 1.165) is 12.7 Å². The molecule has 2 heterocycles. The van der Waals surface area contributed by atoms with Crippen LogP contribution in [0.5, 0.6) is 11.5 Å². The third kappa shape index (κ3) is 7.39. The summed E-state index contributed by atoms with van der Waals surface area (Å²) in [5.74, 6) is 0.0879. The average molecular weight is 864 g/mol. The van der Waals surface area contributed by atoms with Gasteiger partial charge in [0.1, 0.15) is 11.5 Å². The molecule has 9 nitrogen and oxygen atoms in total. The summed E-state index contributed by atoms with van der Waals surface area (Å²) >= 11 is 5.55. The lowest BCUT2D eigenvalue weighted by molar-refractivity contribution is -0.145. The topological polar surface area (TPSA) is 105 Å². The van der Waals surface area contributed by atoms with Gasteiger partial charge in [0.05, 0.1) is 45.2 Å². The summed E-state index contributed by atoms with van der Waals surface area (Å²) in [7, 11) is 0. The van der Waals surface area contributed by atoms with Crippen LogP contribution < -0.4 is 24.4 Å². The second-order valence-electron chi connectivity index (χ2n) is 9.83. The fourth-order valence-electron chi connectivity index (χ4n) is 4.98. The zero-order valence-electron chi connectivity index (χ0n) is 25.3. The molecule has 1 aliphatic rings. The van der Waals surface area contributed by atoms with Gasteiger partial charge in [-0.3, -0.25) is 9.36 Å². The van der Waals surface area contributed by atoms with Crippen molar-refractivity contribution in [3.63, 3.8) is 0 Å². The van der Waals surface area contributed by atoms with Gasteiger partial charge in [-0.2, -0.15) is 0 Å². The standard InChI is InChI=1S/C34H30I2N2O7S/c1-4-42-24-14-12-21(13-15-24)30-28(33(41)44-6-3)29(20-10-8-7-9-11-20)37-34-38(30)32(40)26(46-34)17-22-16-23(35)18-25(36)31(22)45-19-27(39)43-5-2/h7-18,30H,4-6,19H2,1-3H3/b26-17-/t30-/m1/s1. The fourth-order valence-corrected chi connectivity index (χ4v) is 8.02. The highest BCUT2D eigenvalue weighted by atomic mass is 127. The number of aromatic nitrogens is 1. The van der Waals surface area contributed by atoms with E-state index in [-0.39, 0.29) is 31.0 Å². The summed E-state index contributed by atoms with van der Waals surface area (Å²) in [5.41, 5.74) is 2.41. The predicted molar refractivity (Wildman–Crippen MR) is 193 cm³/mol. The third-order valence-corrected chi connectivity index (χ3v) is 9.25. The summed E-state index contributed by atoms with van der Waals surface area (Å²) < 4.78 is 25.8. The Kier molecular flexibility index (Phi) is 11.3. The molecule has 0 fully saturated rings. The quantitative estimate of drug-likeness (QED) is 0.145. The smallest absolute Gasteiger partial charge is 0.344 e. The Hall–Kier alpha value is -3.50. The number of benzene rings is 3. The zero-order chi connectivity index (χ0) is 32.8. The molecule has 0 saturated heterocycles. The zero-order valence-corrected chi connectivity index (χ0v) is 30.4. The van der Waals surface area contributed by atoms with Crippen LogP contribution in [0, 0.1) is 7.14 Å². The van der Waals surface area contributed by atoms with Gasteiger partial charge in [0.15, 0.2) is 11.4 Å². The molecule has 1 atom stereocenters. The maximum absolute atomic E-state index is 14.3. The lowest BCUT2D eigenvalue weighted by Crippen LogP contribution is -2.40. The minimum Gasteiger partial charge on any atom is -0.494 e. The number of hydrogen-bond donors (Lipinski definition) is 0. The van der Waals surface area contributed by atoms with Crippen molar-refractivity contribution >= 4 is 80.2 Å². The number of halogens is 2. The van der Waals surface area contributed by atoms with Crippen molar-refractivity contribution in [1.82, 2.24) is 4.57 Å². The second-order valence-corrected chi connectivity index (χ2v) is 13.3. The van der Waals surface area contributed by atoms with Crippen LogP contribution in [-0.2, 0) is 19.1 Å². The second kappa shape index (κ2) is 15.4. The Morgan fingerprint density at radius 2 is 1.65 bits per heavy atom. The minimum atomic E-state index is -0.820. The molecule has 3 aromatic carbocycles. The highest BCUT2D eigenvalue weighted by Crippen LogP contribution is 2.36. The molecule has 1 aromatic heterocycles. The highest BCUT2D eigenvalue weighted by molar-refractivity contribution is 14.1. The van der Waals surface area contributed by atoms with Crippen LogP contribution in [0.4, 0.5) is 0 Å². The van der Waals surface area contributed by atoms with E-state index in [1.165, 1.54) is 11.3 Å². The third-order valence-electron chi connectivity index (χ3n) is 6.84. The molecule has 4 aromatic rings. The normalized spacial score (nSPS) is 14.4. The van der Waals surface area contributed by atoms with Gasteiger partial charge in [-0.15, -0.1) is 0 Å². The molecule has 0 aliphatic carbocycles. The minimum absolute atomic E-state index is 0.157. The van der Waals surface area contributed by atoms with Crippen molar-refractivity contribution in [3.8, 4) is 11.5 Å². The number of fused-ring (bicyclic) bond motifs is 1. The van der Waals surface area contributed by atoms with Crippen molar-refractivity contribution < 1.29 is 28.5 Å². The molecule has 12 heteroatoms. The lowest BCUT2D eigenvalue weighted by Gasteiger charge is -2.26. The number of ether oxygens (including phenoxy) is 4. The molecule has 0 amide bonds. The largest absolute Gasteiger partial charge is 0.494 e. The molecule has 0 bridgehead atoms. The molecule has 0 radical (unpaired) electrons. The summed E-state index contributed by atoms with van der Waals surface area (Å²) in [5, 5.41) is 0. The van der Waals surface area contributed by atoms with E-state index in [4.69, 9.17) is 23.9 Å². The van der Waals surface area contributed by atoms with Crippen LogP contribution in [0.1, 0.15) is 43.5 Å². The molecule has 46 heavy (non-hydrogen) atoms. The molecule has 1 aliphatic heterocycles. The Labute approximate surface area is 296 Å². The Bertz CT molecular complexity index is 1970. The first kappa shape index (κ1) is 33.9. The summed E-state index contributed by atoms with van der Waals surface area (Å²) in [6, 6.07) is 19.7. The lowest BCUT2D eigenvalue weighted by atomic mass is 9.93. The van der Waals surface area contributed by atoms with Crippen molar-refractivity contribution in [1.29, 1.82) is 0 Å². The van der Waals surface area contributed by atoms with E-state index in [9.17, 15) is 14.4 Å². The monoisotopic (exact) mass is 864 g/mol. The Morgan fingerprint density at radius 3 is 2.33 bits per heavy atom. The maximum Gasteiger partial charge on any atom is 0.344 e. The molecule has 0 N–H and O–H groups in total. The molecular weight excluding hydrogens is 834 g/mol. The van der Waals surface area contributed by atoms with Crippen LogP contribution in [-0.4, -0.2) is 42.9 Å². The van der Waals surface area contributed by atoms with Crippen molar-refractivity contribution in [2.24, 2.45) is 4.99 Å². The summed E-state index contributed by atoms with van der Waals surface area (Å²) in [4.78, 5) is 45.5. The first-order valence-corrected chi connectivity index (χ1v) is 17.5. The van der Waals surface area contributed by atoms with Gasteiger partial charge < -0.3 is 18.9 Å². The molecule has 0 spiro atoms. The van der Waals surface area contributed by atoms with E-state index < -0.39 is 18.0 Å². The van der Waals surface area contributed by atoms with Gasteiger partial charge in [-0.25, -0.2) is 14.6 Å². The predicted octanol–water partition coefficient (Wildman–Crippen LogP) is 5.49. The molecule has 0 saturated carbocycles. The van der Waals surface area contributed by atoms with E-state index >= 15 is 0 Å². The first-order chi connectivity index (χ1) is 22.2. The van der Waals surface area contributed by atoms with Gasteiger partial charge in [0.2, 0.25) is 0 Å². The Morgan fingerprint density at radius 1 is 0.935 bits per heavy atom. The van der Waals surface area contributed by atoms with Crippen molar-refractivity contribution in [2.45, 2.75) is 26.8 Å². The van der Waals surface area contributed by atoms with Gasteiger partial charge in [-0.1, -0.05) is 53.8 Å². The van der Waals surface area contributed by atoms with Crippen molar-refractivity contribution in [3.05, 3.63) is 116 Å². The van der Waals surface area contributed by atoms with E-state index in [2.05, 4.69) is 45.2 Å². The van der Waals surface area contributed by atoms with Crippen LogP contribution in [0.15, 0.2) is 82.1 Å².